The zero-order valence-corrected chi connectivity index (χ0v) is 20.3. The Bertz CT molecular complexity index is 1290. The minimum Gasteiger partial charge on any atom is -0.423 e. The maximum atomic E-state index is 11.9. The number of hydrogen-bond acceptors (Lipinski definition) is 12. The SMILES string of the molecule is Cc1cc(=O)oc2cc(Nc3nc(N4C[C@H](N)C[C@H](N)C4)nc(N4CC[C@H](O)[C@H](CN)C4)n3)ccc12. The van der Waals surface area contributed by atoms with Crippen LogP contribution in [0.25, 0.3) is 11.0 Å². The Labute approximate surface area is 208 Å². The van der Waals surface area contributed by atoms with E-state index < -0.39 is 11.7 Å². The van der Waals surface area contributed by atoms with Crippen LogP contribution in [0.15, 0.2) is 33.5 Å². The molecule has 1 aromatic carbocycles. The van der Waals surface area contributed by atoms with Gasteiger partial charge in [0.1, 0.15) is 5.58 Å². The second kappa shape index (κ2) is 9.97. The van der Waals surface area contributed by atoms with Crippen LogP contribution in [0.4, 0.5) is 23.5 Å². The van der Waals surface area contributed by atoms with Crippen molar-refractivity contribution in [1.29, 1.82) is 0 Å². The van der Waals surface area contributed by atoms with Crippen LogP contribution < -0.4 is 37.9 Å². The van der Waals surface area contributed by atoms with Crippen LogP contribution in [-0.2, 0) is 0 Å². The van der Waals surface area contributed by atoms with Crippen LogP contribution in [0, 0.1) is 12.8 Å². The Morgan fingerprint density at radius 2 is 1.81 bits per heavy atom. The van der Waals surface area contributed by atoms with Gasteiger partial charge in [0.15, 0.2) is 0 Å². The summed E-state index contributed by atoms with van der Waals surface area (Å²) in [7, 11) is 0. The molecule has 2 aliphatic rings. The molecule has 12 heteroatoms. The molecule has 12 nitrogen and oxygen atoms in total. The van der Waals surface area contributed by atoms with E-state index in [4.69, 9.17) is 26.6 Å². The fraction of sp³-hybridized carbons (Fsp3) is 0.500. The van der Waals surface area contributed by atoms with Crippen molar-refractivity contribution in [3.05, 3.63) is 40.2 Å². The summed E-state index contributed by atoms with van der Waals surface area (Å²) in [5.74, 6) is 1.24. The van der Waals surface area contributed by atoms with Gasteiger partial charge in [0.05, 0.1) is 6.10 Å². The Morgan fingerprint density at radius 3 is 2.53 bits per heavy atom. The molecule has 2 saturated heterocycles. The number of fused-ring (bicyclic) bond motifs is 1. The summed E-state index contributed by atoms with van der Waals surface area (Å²) in [6.07, 6.45) is 0.872. The van der Waals surface area contributed by atoms with E-state index in [0.29, 0.717) is 68.3 Å². The summed E-state index contributed by atoms with van der Waals surface area (Å²) in [6.45, 7) is 4.55. The number of nitrogens with zero attached hydrogens (tertiary/aromatic N) is 5. The number of piperidine rings is 2. The molecule has 2 aliphatic heterocycles. The molecule has 2 aromatic heterocycles. The first-order valence-electron chi connectivity index (χ1n) is 12.3. The third-order valence-electron chi connectivity index (χ3n) is 6.90. The first kappa shape index (κ1) is 24.4. The molecule has 3 aromatic rings. The minimum atomic E-state index is -0.445. The van der Waals surface area contributed by atoms with E-state index in [1.54, 1.807) is 6.07 Å². The van der Waals surface area contributed by atoms with Crippen LogP contribution in [0.2, 0.25) is 0 Å². The molecule has 0 aliphatic carbocycles. The van der Waals surface area contributed by atoms with Gasteiger partial charge >= 0.3 is 5.63 Å². The number of aliphatic hydroxyl groups excluding tert-OH is 1. The highest BCUT2D eigenvalue weighted by Crippen LogP contribution is 2.27. The Hall–Kier alpha value is -3.32. The normalized spacial score (nSPS) is 24.8. The number of hydrogen-bond donors (Lipinski definition) is 5. The van der Waals surface area contributed by atoms with Crippen molar-refractivity contribution < 1.29 is 9.52 Å². The lowest BCUT2D eigenvalue weighted by Gasteiger charge is -2.37. The third kappa shape index (κ3) is 5.12. The van der Waals surface area contributed by atoms with Crippen LogP contribution in [-0.4, -0.2) is 71.0 Å². The van der Waals surface area contributed by atoms with Crippen molar-refractivity contribution in [3.8, 4) is 0 Å². The van der Waals surface area contributed by atoms with Crippen LogP contribution in [0.5, 0.6) is 0 Å². The summed E-state index contributed by atoms with van der Waals surface area (Å²) in [5, 5.41) is 14.4. The average Bonchev–Trinajstić information content (AvgIpc) is 2.83. The molecule has 5 rings (SSSR count). The summed E-state index contributed by atoms with van der Waals surface area (Å²) < 4.78 is 5.39. The molecular weight excluding hydrogens is 462 g/mol. The van der Waals surface area contributed by atoms with Crippen LogP contribution in [0.3, 0.4) is 0 Å². The van der Waals surface area contributed by atoms with Crippen molar-refractivity contribution in [2.75, 3.05) is 47.8 Å². The second-order valence-corrected chi connectivity index (χ2v) is 9.80. The molecule has 0 unspecified atom stereocenters. The quantitative estimate of drug-likeness (QED) is 0.300. The van der Waals surface area contributed by atoms with E-state index in [1.165, 1.54) is 6.07 Å². The average molecular weight is 496 g/mol. The first-order valence-corrected chi connectivity index (χ1v) is 12.3. The lowest BCUT2D eigenvalue weighted by molar-refractivity contribution is 0.0917. The van der Waals surface area contributed by atoms with E-state index in [-0.39, 0.29) is 18.0 Å². The van der Waals surface area contributed by atoms with Gasteiger partial charge in [-0.1, -0.05) is 0 Å². The smallest absolute Gasteiger partial charge is 0.336 e. The van der Waals surface area contributed by atoms with Gasteiger partial charge in [-0.2, -0.15) is 15.0 Å². The molecule has 0 amide bonds. The van der Waals surface area contributed by atoms with E-state index in [9.17, 15) is 9.90 Å². The van der Waals surface area contributed by atoms with Gasteiger partial charge in [0, 0.05) is 67.4 Å². The summed E-state index contributed by atoms with van der Waals surface area (Å²) in [6, 6.07) is 6.83. The van der Waals surface area contributed by atoms with E-state index in [2.05, 4.69) is 15.3 Å². The molecule has 0 bridgehead atoms. The fourth-order valence-electron chi connectivity index (χ4n) is 5.00. The molecule has 8 N–H and O–H groups in total. The van der Waals surface area contributed by atoms with Gasteiger partial charge in [-0.15, -0.1) is 0 Å². The fourth-order valence-corrected chi connectivity index (χ4v) is 5.00. The van der Waals surface area contributed by atoms with E-state index in [0.717, 1.165) is 17.4 Å². The van der Waals surface area contributed by atoms with Gasteiger partial charge in [0.2, 0.25) is 17.8 Å². The van der Waals surface area contributed by atoms with Crippen molar-refractivity contribution in [3.63, 3.8) is 0 Å². The lowest BCUT2D eigenvalue weighted by Crippen LogP contribution is -2.53. The Balaban J connectivity index is 1.50. The number of rotatable bonds is 5. The monoisotopic (exact) mass is 495 g/mol. The number of benzene rings is 1. The van der Waals surface area contributed by atoms with E-state index >= 15 is 0 Å². The largest absolute Gasteiger partial charge is 0.423 e. The Kier molecular flexibility index (Phi) is 6.75. The molecule has 36 heavy (non-hydrogen) atoms. The molecule has 4 atom stereocenters. The zero-order chi connectivity index (χ0) is 25.4. The number of nitrogens with one attached hydrogen (secondary N) is 1. The summed E-state index contributed by atoms with van der Waals surface area (Å²) >= 11 is 0. The highest BCUT2D eigenvalue weighted by molar-refractivity contribution is 5.83. The topological polar surface area (TPSA) is 186 Å². The maximum Gasteiger partial charge on any atom is 0.336 e. The predicted molar refractivity (Wildman–Crippen MR) is 138 cm³/mol. The number of nitrogens with two attached hydrogens (primary N) is 3. The predicted octanol–water partition coefficient (Wildman–Crippen LogP) is 0.0406. The number of aromatic nitrogens is 3. The summed E-state index contributed by atoms with van der Waals surface area (Å²) in [5.41, 5.74) is 19.9. The van der Waals surface area contributed by atoms with Crippen molar-refractivity contribution in [1.82, 2.24) is 15.0 Å². The molecule has 4 heterocycles. The molecular formula is C24H33N9O3. The molecule has 0 radical (unpaired) electrons. The van der Waals surface area contributed by atoms with Crippen molar-refractivity contribution >= 4 is 34.5 Å². The van der Waals surface area contributed by atoms with Gasteiger partial charge in [-0.25, -0.2) is 4.79 Å². The van der Waals surface area contributed by atoms with Crippen molar-refractivity contribution in [2.24, 2.45) is 23.1 Å². The van der Waals surface area contributed by atoms with Crippen LogP contribution >= 0.6 is 0 Å². The highest BCUT2D eigenvalue weighted by atomic mass is 16.4. The number of aryl methyl sites for hydroxylation is 1. The number of anilines is 4. The molecule has 0 spiro atoms. The zero-order valence-electron chi connectivity index (χ0n) is 20.3. The second-order valence-electron chi connectivity index (χ2n) is 9.80. The van der Waals surface area contributed by atoms with Crippen molar-refractivity contribution in [2.45, 2.75) is 38.0 Å². The molecule has 2 fully saturated rings. The first-order chi connectivity index (χ1) is 17.3. The van der Waals surface area contributed by atoms with E-state index in [1.807, 2.05) is 28.9 Å². The molecule has 0 saturated carbocycles. The van der Waals surface area contributed by atoms with Gasteiger partial charge in [0.25, 0.3) is 0 Å². The van der Waals surface area contributed by atoms with Gasteiger partial charge < -0.3 is 41.8 Å². The number of aliphatic hydroxyl groups is 1. The standard InChI is InChI=1S/C24H33N9O3/c1-13-6-21(35)36-20-8-17(2-3-18(13)20)28-22-29-23(32-5-4-19(34)14(9-25)10-32)31-24(30-22)33-11-15(26)7-16(27)12-33/h2-3,6,8,14-16,19,34H,4-5,7,9-12,25-27H2,1H3,(H,28,29,30,31)/t14-,15-,16+,19+/m1/s1. The minimum absolute atomic E-state index is 0.0705. The van der Waals surface area contributed by atoms with Crippen LogP contribution in [0.1, 0.15) is 18.4 Å². The maximum absolute atomic E-state index is 11.9. The third-order valence-corrected chi connectivity index (χ3v) is 6.90. The highest BCUT2D eigenvalue weighted by Gasteiger charge is 2.30. The summed E-state index contributed by atoms with van der Waals surface area (Å²) in [4.78, 5) is 30.0. The van der Waals surface area contributed by atoms with Gasteiger partial charge in [-0.05, 0) is 44.0 Å². The van der Waals surface area contributed by atoms with Gasteiger partial charge in [-0.3, -0.25) is 0 Å². The molecule has 192 valence electrons. The lowest BCUT2D eigenvalue weighted by atomic mass is 9.95. The Morgan fingerprint density at radius 1 is 1.08 bits per heavy atom.